The molecular formula is C27H29ClN8. The molecule has 36 heavy (non-hydrogen) atoms. The van der Waals surface area contributed by atoms with Crippen LogP contribution in [0.15, 0.2) is 55.0 Å². The average Bonchev–Trinajstić information content (AvgIpc) is 3.59. The number of anilines is 4. The fraction of sp³-hybridized carbons (Fsp3) is 0.333. The highest BCUT2D eigenvalue weighted by Gasteiger charge is 2.24. The monoisotopic (exact) mass is 500 g/mol. The molecule has 3 N–H and O–H groups in total. The third kappa shape index (κ3) is 4.92. The van der Waals surface area contributed by atoms with Crippen molar-refractivity contribution in [1.82, 2.24) is 30.0 Å². The molecule has 2 aromatic heterocycles. The molecule has 0 bridgehead atoms. The van der Waals surface area contributed by atoms with E-state index in [1.807, 2.05) is 24.3 Å². The zero-order valence-electron chi connectivity index (χ0n) is 20.0. The maximum atomic E-state index is 6.45. The van der Waals surface area contributed by atoms with Crippen molar-refractivity contribution >= 4 is 34.7 Å². The molecule has 9 heteroatoms. The van der Waals surface area contributed by atoms with Crippen LogP contribution >= 0.6 is 11.6 Å². The van der Waals surface area contributed by atoms with E-state index < -0.39 is 0 Å². The molecule has 2 aromatic carbocycles. The molecule has 0 unspecified atom stereocenters. The SMILES string of the molecule is Clc1cnc(Nc2ccc3c(c2)CC[C@@H](N2CCCC2)CC3)nc1Nc1ccccc1-c1ncn[nH]1. The van der Waals surface area contributed by atoms with Gasteiger partial charge in [-0.05, 0) is 87.0 Å². The average molecular weight is 501 g/mol. The molecule has 0 amide bonds. The van der Waals surface area contributed by atoms with Gasteiger partial charge >= 0.3 is 0 Å². The normalized spacial score (nSPS) is 18.0. The number of likely N-dealkylation sites (tertiary alicyclic amines) is 1. The smallest absolute Gasteiger partial charge is 0.229 e. The van der Waals surface area contributed by atoms with E-state index in [0.29, 0.717) is 28.7 Å². The van der Waals surface area contributed by atoms with Crippen LogP contribution in [0.1, 0.15) is 36.8 Å². The number of nitrogens with one attached hydrogen (secondary N) is 3. The van der Waals surface area contributed by atoms with Crippen LogP contribution in [0, 0.1) is 0 Å². The minimum absolute atomic E-state index is 0.433. The molecule has 1 atom stereocenters. The lowest BCUT2D eigenvalue weighted by atomic mass is 10.0. The second-order valence-electron chi connectivity index (χ2n) is 9.48. The molecule has 8 nitrogen and oxygen atoms in total. The van der Waals surface area contributed by atoms with Gasteiger partial charge in [0.2, 0.25) is 5.95 Å². The highest BCUT2D eigenvalue weighted by molar-refractivity contribution is 6.33. The highest BCUT2D eigenvalue weighted by Crippen LogP contribution is 2.32. The lowest BCUT2D eigenvalue weighted by molar-refractivity contribution is 0.222. The first kappa shape index (κ1) is 22.9. The van der Waals surface area contributed by atoms with Gasteiger partial charge in [0.25, 0.3) is 0 Å². The summed E-state index contributed by atoms with van der Waals surface area (Å²) in [5.41, 5.74) is 5.57. The number of hydrogen-bond donors (Lipinski definition) is 3. The lowest BCUT2D eigenvalue weighted by Gasteiger charge is -2.25. The molecule has 1 saturated heterocycles. The number of nitrogens with zero attached hydrogens (tertiary/aromatic N) is 5. The molecule has 0 spiro atoms. The molecule has 1 fully saturated rings. The predicted molar refractivity (Wildman–Crippen MR) is 143 cm³/mol. The van der Waals surface area contributed by atoms with Gasteiger partial charge in [0.1, 0.15) is 11.3 Å². The van der Waals surface area contributed by atoms with Gasteiger partial charge in [-0.25, -0.2) is 9.97 Å². The Kier molecular flexibility index (Phi) is 6.53. The molecule has 4 aromatic rings. The summed E-state index contributed by atoms with van der Waals surface area (Å²) in [5.74, 6) is 1.67. The summed E-state index contributed by atoms with van der Waals surface area (Å²) in [6, 6.07) is 15.2. The van der Waals surface area contributed by atoms with Crippen molar-refractivity contribution < 1.29 is 0 Å². The number of hydrogen-bond acceptors (Lipinski definition) is 7. The van der Waals surface area contributed by atoms with Crippen molar-refractivity contribution in [2.75, 3.05) is 23.7 Å². The third-order valence-electron chi connectivity index (χ3n) is 7.21. The van der Waals surface area contributed by atoms with Crippen LogP contribution in [-0.2, 0) is 12.8 Å². The second-order valence-corrected chi connectivity index (χ2v) is 9.88. The van der Waals surface area contributed by atoms with Crippen LogP contribution in [-0.4, -0.2) is 49.2 Å². The van der Waals surface area contributed by atoms with E-state index in [1.165, 1.54) is 56.2 Å². The Hall–Kier alpha value is -3.49. The number of aromatic nitrogens is 5. The number of halogens is 1. The van der Waals surface area contributed by atoms with Crippen molar-refractivity contribution in [2.24, 2.45) is 0 Å². The van der Waals surface area contributed by atoms with Crippen LogP contribution in [0.2, 0.25) is 5.02 Å². The van der Waals surface area contributed by atoms with E-state index in [4.69, 9.17) is 11.6 Å². The summed E-state index contributed by atoms with van der Waals surface area (Å²) >= 11 is 6.45. The molecule has 6 rings (SSSR count). The van der Waals surface area contributed by atoms with Crippen molar-refractivity contribution in [3.05, 3.63) is 71.1 Å². The third-order valence-corrected chi connectivity index (χ3v) is 7.48. The van der Waals surface area contributed by atoms with Gasteiger partial charge in [0.05, 0.1) is 11.9 Å². The first-order valence-corrected chi connectivity index (χ1v) is 13.0. The molecular weight excluding hydrogens is 472 g/mol. The molecule has 1 aliphatic carbocycles. The summed E-state index contributed by atoms with van der Waals surface area (Å²) in [6.45, 7) is 2.53. The Morgan fingerprint density at radius 2 is 1.78 bits per heavy atom. The van der Waals surface area contributed by atoms with Crippen LogP contribution < -0.4 is 10.6 Å². The van der Waals surface area contributed by atoms with Crippen molar-refractivity contribution in [3.8, 4) is 11.4 Å². The maximum absolute atomic E-state index is 6.45. The number of fused-ring (bicyclic) bond motifs is 1. The first-order valence-electron chi connectivity index (χ1n) is 12.6. The van der Waals surface area contributed by atoms with E-state index in [9.17, 15) is 0 Å². The fourth-order valence-electron chi connectivity index (χ4n) is 5.35. The number of aromatic amines is 1. The van der Waals surface area contributed by atoms with Gasteiger partial charge < -0.3 is 15.5 Å². The minimum atomic E-state index is 0.433. The molecule has 3 heterocycles. The van der Waals surface area contributed by atoms with Crippen LogP contribution in [0.4, 0.5) is 23.1 Å². The zero-order valence-corrected chi connectivity index (χ0v) is 20.8. The van der Waals surface area contributed by atoms with E-state index in [2.05, 4.69) is 58.9 Å². The van der Waals surface area contributed by atoms with Crippen LogP contribution in [0.5, 0.6) is 0 Å². The predicted octanol–water partition coefficient (Wildman–Crippen LogP) is 5.75. The summed E-state index contributed by atoms with van der Waals surface area (Å²) in [7, 11) is 0. The Labute approximate surface area is 215 Å². The first-order chi connectivity index (χ1) is 17.7. The molecule has 0 radical (unpaired) electrons. The highest BCUT2D eigenvalue weighted by atomic mass is 35.5. The van der Waals surface area contributed by atoms with E-state index in [0.717, 1.165) is 29.8 Å². The molecule has 184 valence electrons. The second kappa shape index (κ2) is 10.2. The Morgan fingerprint density at radius 1 is 0.944 bits per heavy atom. The quantitative estimate of drug-likeness (QED) is 0.290. The minimum Gasteiger partial charge on any atom is -0.338 e. The standard InChI is InChI=1S/C27H29ClN8/c28-23-16-29-27(34-26(23)33-24-6-2-1-5-22(24)25-30-17-31-35-25)32-20-10-7-18-8-11-21(12-9-19(18)15-20)36-13-3-4-14-36/h1-2,5-7,10,15-17,21H,3-4,8-9,11-14H2,(H,30,31,35)(H2,29,32,33,34)/t21-/m0/s1. The van der Waals surface area contributed by atoms with Gasteiger partial charge in [0, 0.05) is 17.3 Å². The van der Waals surface area contributed by atoms with Crippen molar-refractivity contribution in [1.29, 1.82) is 0 Å². The van der Waals surface area contributed by atoms with E-state index in [-0.39, 0.29) is 0 Å². The van der Waals surface area contributed by atoms with E-state index >= 15 is 0 Å². The maximum Gasteiger partial charge on any atom is 0.229 e. The summed E-state index contributed by atoms with van der Waals surface area (Å²) < 4.78 is 0. The topological polar surface area (TPSA) is 94.7 Å². The number of benzene rings is 2. The van der Waals surface area contributed by atoms with Crippen molar-refractivity contribution in [2.45, 2.75) is 44.6 Å². The largest absolute Gasteiger partial charge is 0.338 e. The molecule has 1 aliphatic heterocycles. The van der Waals surface area contributed by atoms with Gasteiger partial charge in [0.15, 0.2) is 11.6 Å². The van der Waals surface area contributed by atoms with Gasteiger partial charge in [-0.1, -0.05) is 29.8 Å². The van der Waals surface area contributed by atoms with Crippen LogP contribution in [0.25, 0.3) is 11.4 Å². The molecule has 0 saturated carbocycles. The number of H-pyrrole nitrogens is 1. The lowest BCUT2D eigenvalue weighted by Crippen LogP contribution is -2.32. The van der Waals surface area contributed by atoms with Gasteiger partial charge in [-0.15, -0.1) is 0 Å². The van der Waals surface area contributed by atoms with Gasteiger partial charge in [-0.3, -0.25) is 5.10 Å². The van der Waals surface area contributed by atoms with E-state index in [1.54, 1.807) is 6.20 Å². The van der Waals surface area contributed by atoms with Gasteiger partial charge in [-0.2, -0.15) is 10.1 Å². The number of para-hydroxylation sites is 1. The summed E-state index contributed by atoms with van der Waals surface area (Å²) in [5, 5.41) is 14.0. The van der Waals surface area contributed by atoms with Crippen molar-refractivity contribution in [3.63, 3.8) is 0 Å². The van der Waals surface area contributed by atoms with Crippen LogP contribution in [0.3, 0.4) is 0 Å². The Bertz CT molecular complexity index is 1330. The summed E-state index contributed by atoms with van der Waals surface area (Å²) in [4.78, 5) is 16.0. The summed E-state index contributed by atoms with van der Waals surface area (Å²) in [6.07, 6.45) is 10.5. The molecule has 2 aliphatic rings. The number of aryl methyl sites for hydroxylation is 2. The number of rotatable bonds is 6. The Morgan fingerprint density at radius 3 is 2.61 bits per heavy atom. The Balaban J connectivity index is 1.19. The zero-order chi connectivity index (χ0) is 24.3. The fourth-order valence-corrected chi connectivity index (χ4v) is 5.48.